The highest BCUT2D eigenvalue weighted by molar-refractivity contribution is 5.83. The topological polar surface area (TPSA) is 103 Å². The number of H-pyrrole nitrogens is 1. The SMILES string of the molecule is Cc1cc(=O)[nH]c(NCCNC(=O)[C@H](c2cccnc2)N2CCCC2)n1. The van der Waals surface area contributed by atoms with Crippen LogP contribution in [-0.2, 0) is 4.79 Å². The molecule has 0 aliphatic carbocycles. The van der Waals surface area contributed by atoms with Crippen molar-refractivity contribution in [2.24, 2.45) is 0 Å². The molecule has 1 amide bonds. The number of aromatic nitrogens is 3. The van der Waals surface area contributed by atoms with Gasteiger partial charge in [-0.25, -0.2) is 4.98 Å². The molecule has 0 aromatic carbocycles. The molecular weight excluding hydrogens is 332 g/mol. The maximum absolute atomic E-state index is 12.8. The van der Waals surface area contributed by atoms with Crippen molar-refractivity contribution in [2.45, 2.75) is 25.8 Å². The second-order valence-corrected chi connectivity index (χ2v) is 6.39. The number of likely N-dealkylation sites (tertiary alicyclic amines) is 1. The van der Waals surface area contributed by atoms with Crippen LogP contribution in [-0.4, -0.2) is 51.9 Å². The predicted octanol–water partition coefficient (Wildman–Crippen LogP) is 0.839. The van der Waals surface area contributed by atoms with Gasteiger partial charge in [0.25, 0.3) is 5.56 Å². The highest BCUT2D eigenvalue weighted by Crippen LogP contribution is 2.24. The van der Waals surface area contributed by atoms with Gasteiger partial charge in [0.2, 0.25) is 11.9 Å². The Bertz CT molecular complexity index is 786. The largest absolute Gasteiger partial charge is 0.354 e. The lowest BCUT2D eigenvalue weighted by molar-refractivity contribution is -0.126. The van der Waals surface area contributed by atoms with Gasteiger partial charge in [-0.05, 0) is 44.5 Å². The minimum atomic E-state index is -0.317. The molecule has 1 fully saturated rings. The molecule has 8 nitrogen and oxygen atoms in total. The van der Waals surface area contributed by atoms with Crippen molar-refractivity contribution in [1.82, 2.24) is 25.2 Å². The lowest BCUT2D eigenvalue weighted by Gasteiger charge is -2.26. The van der Waals surface area contributed by atoms with E-state index >= 15 is 0 Å². The van der Waals surface area contributed by atoms with Gasteiger partial charge < -0.3 is 10.6 Å². The van der Waals surface area contributed by atoms with Gasteiger partial charge in [-0.3, -0.25) is 24.5 Å². The van der Waals surface area contributed by atoms with Crippen molar-refractivity contribution < 1.29 is 4.79 Å². The average molecular weight is 356 g/mol. The predicted molar refractivity (Wildman–Crippen MR) is 98.9 cm³/mol. The zero-order valence-corrected chi connectivity index (χ0v) is 14.9. The van der Waals surface area contributed by atoms with Crippen LogP contribution in [0.1, 0.15) is 30.1 Å². The molecule has 0 bridgehead atoms. The minimum Gasteiger partial charge on any atom is -0.354 e. The van der Waals surface area contributed by atoms with Crippen molar-refractivity contribution in [3.05, 3.63) is 52.2 Å². The molecule has 2 aromatic rings. The molecule has 0 spiro atoms. The monoisotopic (exact) mass is 356 g/mol. The smallest absolute Gasteiger partial charge is 0.252 e. The summed E-state index contributed by atoms with van der Waals surface area (Å²) in [6.45, 7) is 4.50. The third-order valence-electron chi connectivity index (χ3n) is 4.34. The van der Waals surface area contributed by atoms with Gasteiger partial charge in [0.1, 0.15) is 6.04 Å². The Kier molecular flexibility index (Phi) is 5.96. The second kappa shape index (κ2) is 8.57. The fourth-order valence-electron chi connectivity index (χ4n) is 3.19. The number of pyridine rings is 1. The molecule has 138 valence electrons. The van der Waals surface area contributed by atoms with E-state index in [4.69, 9.17) is 0 Å². The molecule has 0 unspecified atom stereocenters. The van der Waals surface area contributed by atoms with Crippen LogP contribution < -0.4 is 16.2 Å². The zero-order chi connectivity index (χ0) is 18.4. The third kappa shape index (κ3) is 4.66. The highest BCUT2D eigenvalue weighted by atomic mass is 16.2. The standard InChI is InChI=1S/C18H24N6O2/c1-13-11-15(25)23-18(22-13)21-8-7-20-17(26)16(24-9-2-3-10-24)14-5-4-6-19-12-14/h4-6,11-12,16H,2-3,7-10H2,1H3,(H,20,26)(H2,21,22,23,25)/t16-/m0/s1. The lowest BCUT2D eigenvalue weighted by Crippen LogP contribution is -2.41. The quantitative estimate of drug-likeness (QED) is 0.635. The Labute approximate surface area is 152 Å². The molecule has 26 heavy (non-hydrogen) atoms. The molecule has 0 saturated carbocycles. The normalized spacial score (nSPS) is 15.6. The maximum atomic E-state index is 12.8. The molecule has 3 N–H and O–H groups in total. The summed E-state index contributed by atoms with van der Waals surface area (Å²) in [7, 11) is 0. The van der Waals surface area contributed by atoms with Gasteiger partial charge in [0.15, 0.2) is 0 Å². The number of anilines is 1. The Morgan fingerprint density at radius 3 is 2.85 bits per heavy atom. The van der Waals surface area contributed by atoms with E-state index < -0.39 is 0 Å². The number of amides is 1. The Hall–Kier alpha value is -2.74. The number of carbonyl (C=O) groups is 1. The van der Waals surface area contributed by atoms with Gasteiger partial charge >= 0.3 is 0 Å². The minimum absolute atomic E-state index is 0.0348. The molecule has 0 radical (unpaired) electrons. The van der Waals surface area contributed by atoms with Gasteiger partial charge in [-0.1, -0.05) is 6.07 Å². The number of aromatic amines is 1. The fourth-order valence-corrected chi connectivity index (χ4v) is 3.19. The number of nitrogens with one attached hydrogen (secondary N) is 3. The Morgan fingerprint density at radius 2 is 2.15 bits per heavy atom. The van der Waals surface area contributed by atoms with Crippen LogP contribution in [0.15, 0.2) is 35.4 Å². The van der Waals surface area contributed by atoms with Crippen molar-refractivity contribution in [2.75, 3.05) is 31.5 Å². The average Bonchev–Trinajstić information content (AvgIpc) is 3.13. The maximum Gasteiger partial charge on any atom is 0.252 e. The Balaban J connectivity index is 1.57. The molecule has 3 heterocycles. The number of aryl methyl sites for hydroxylation is 1. The first-order valence-corrected chi connectivity index (χ1v) is 8.87. The van der Waals surface area contributed by atoms with Crippen LogP contribution in [0.25, 0.3) is 0 Å². The van der Waals surface area contributed by atoms with E-state index in [1.54, 1.807) is 19.3 Å². The molecule has 1 aliphatic heterocycles. The summed E-state index contributed by atoms with van der Waals surface area (Å²) in [4.78, 5) is 37.4. The van der Waals surface area contributed by atoms with Crippen molar-refractivity contribution in [3.63, 3.8) is 0 Å². The highest BCUT2D eigenvalue weighted by Gasteiger charge is 2.29. The molecule has 8 heteroatoms. The molecule has 1 saturated heterocycles. The van der Waals surface area contributed by atoms with E-state index in [2.05, 4.69) is 30.5 Å². The molecule has 1 atom stereocenters. The summed E-state index contributed by atoms with van der Waals surface area (Å²) in [5.74, 6) is 0.375. The molecule has 3 rings (SSSR count). The number of hydrogen-bond donors (Lipinski definition) is 3. The Morgan fingerprint density at radius 1 is 1.35 bits per heavy atom. The zero-order valence-electron chi connectivity index (χ0n) is 14.9. The van der Waals surface area contributed by atoms with Gasteiger partial charge in [0.05, 0.1) is 0 Å². The first-order chi connectivity index (χ1) is 12.6. The van der Waals surface area contributed by atoms with Crippen molar-refractivity contribution >= 4 is 11.9 Å². The van der Waals surface area contributed by atoms with Crippen LogP contribution in [0.2, 0.25) is 0 Å². The van der Waals surface area contributed by atoms with Crippen molar-refractivity contribution in [1.29, 1.82) is 0 Å². The van der Waals surface area contributed by atoms with Gasteiger partial charge in [-0.2, -0.15) is 0 Å². The van der Waals surface area contributed by atoms with Crippen molar-refractivity contribution in [3.8, 4) is 0 Å². The van der Waals surface area contributed by atoms with E-state index in [-0.39, 0.29) is 17.5 Å². The van der Waals surface area contributed by atoms with E-state index in [1.807, 2.05) is 12.1 Å². The van der Waals surface area contributed by atoms with Crippen LogP contribution >= 0.6 is 0 Å². The second-order valence-electron chi connectivity index (χ2n) is 6.39. The van der Waals surface area contributed by atoms with Gasteiger partial charge in [-0.15, -0.1) is 0 Å². The summed E-state index contributed by atoms with van der Waals surface area (Å²) in [5.41, 5.74) is 1.35. The summed E-state index contributed by atoms with van der Waals surface area (Å²) in [5, 5.41) is 5.99. The first kappa shape index (κ1) is 18.1. The number of rotatable bonds is 7. The van der Waals surface area contributed by atoms with Gasteiger partial charge in [0, 0.05) is 37.2 Å². The number of nitrogens with zero attached hydrogens (tertiary/aromatic N) is 3. The van der Waals surface area contributed by atoms with Crippen LogP contribution in [0, 0.1) is 6.92 Å². The third-order valence-corrected chi connectivity index (χ3v) is 4.34. The van der Waals surface area contributed by atoms with E-state index in [0.717, 1.165) is 31.5 Å². The van der Waals surface area contributed by atoms with E-state index in [1.165, 1.54) is 6.07 Å². The fraction of sp³-hybridized carbons (Fsp3) is 0.444. The van der Waals surface area contributed by atoms with Crippen LogP contribution in [0.4, 0.5) is 5.95 Å². The summed E-state index contributed by atoms with van der Waals surface area (Å²) in [6.07, 6.45) is 5.68. The number of carbonyl (C=O) groups excluding carboxylic acids is 1. The summed E-state index contributed by atoms with van der Waals surface area (Å²) >= 11 is 0. The number of hydrogen-bond acceptors (Lipinski definition) is 6. The van der Waals surface area contributed by atoms with E-state index in [0.29, 0.717) is 24.7 Å². The summed E-state index contributed by atoms with van der Waals surface area (Å²) in [6, 6.07) is 4.91. The van der Waals surface area contributed by atoms with Crippen LogP contribution in [0.3, 0.4) is 0 Å². The lowest BCUT2D eigenvalue weighted by atomic mass is 10.1. The van der Waals surface area contributed by atoms with Crippen LogP contribution in [0.5, 0.6) is 0 Å². The molecule has 1 aliphatic rings. The first-order valence-electron chi connectivity index (χ1n) is 8.87. The molecule has 2 aromatic heterocycles. The molecular formula is C18H24N6O2. The van der Waals surface area contributed by atoms with E-state index in [9.17, 15) is 9.59 Å². The summed E-state index contributed by atoms with van der Waals surface area (Å²) < 4.78 is 0.